The number of aromatic nitrogens is 3. The highest BCUT2D eigenvalue weighted by atomic mass is 32.2. The summed E-state index contributed by atoms with van der Waals surface area (Å²) < 4.78 is 1.13. The van der Waals surface area contributed by atoms with E-state index in [2.05, 4.69) is 16.9 Å². The lowest BCUT2D eigenvalue weighted by Gasteiger charge is -2.37. The molecule has 2 aliphatic rings. The van der Waals surface area contributed by atoms with E-state index in [1.165, 1.54) is 24.3 Å². The van der Waals surface area contributed by atoms with Crippen LogP contribution < -0.4 is 0 Å². The molecule has 2 fully saturated rings. The van der Waals surface area contributed by atoms with E-state index < -0.39 is 0 Å². The molecule has 0 unspecified atom stereocenters. The molecule has 0 N–H and O–H groups in total. The molecule has 3 aromatic rings. The molecule has 1 aromatic carbocycles. The first kappa shape index (κ1) is 20.9. The number of thiazole rings is 1. The van der Waals surface area contributed by atoms with Crippen molar-refractivity contribution in [1.82, 2.24) is 19.9 Å². The Balaban J connectivity index is 1.20. The zero-order chi connectivity index (χ0) is 21.4. The van der Waals surface area contributed by atoms with E-state index in [0.717, 1.165) is 52.4 Å². The van der Waals surface area contributed by atoms with Crippen molar-refractivity contribution in [2.45, 2.75) is 43.9 Å². The molecule has 1 amide bonds. The first-order chi connectivity index (χ1) is 15.1. The van der Waals surface area contributed by atoms with Gasteiger partial charge < -0.3 is 4.90 Å². The fourth-order valence-electron chi connectivity index (χ4n) is 4.85. The topological polar surface area (TPSA) is 59.0 Å². The molecule has 2 aromatic heterocycles. The molecular weight excluding hydrogens is 424 g/mol. The second-order valence-electron chi connectivity index (χ2n) is 9.10. The third-order valence-electron chi connectivity index (χ3n) is 6.53. The van der Waals surface area contributed by atoms with Crippen molar-refractivity contribution in [3.63, 3.8) is 0 Å². The highest BCUT2D eigenvalue weighted by molar-refractivity contribution is 7.98. The van der Waals surface area contributed by atoms with Crippen molar-refractivity contribution < 1.29 is 4.79 Å². The summed E-state index contributed by atoms with van der Waals surface area (Å²) in [6, 6.07) is 5.98. The summed E-state index contributed by atoms with van der Waals surface area (Å²) >= 11 is 3.43. The van der Waals surface area contributed by atoms with Crippen LogP contribution in [0.1, 0.15) is 47.4 Å². The molecule has 7 heteroatoms. The lowest BCUT2D eigenvalue weighted by Crippen LogP contribution is -2.48. The standard InChI is InChI=1S/C24H28N4OS2/c1-15-13-28(14-15)24(29)18-5-6-20-21(10-18)31-23(27-20)9-17-4-3-16(7-17)8-22-25-11-19(30-2)12-26-22/h5-6,10-12,15-17H,3-4,7-9,13-14H2,1-2H3/t16-,17-/m0/s1. The second kappa shape index (κ2) is 8.87. The van der Waals surface area contributed by atoms with Gasteiger partial charge in [-0.1, -0.05) is 6.92 Å². The van der Waals surface area contributed by atoms with Crippen molar-refractivity contribution in [2.24, 2.45) is 17.8 Å². The molecule has 31 heavy (non-hydrogen) atoms. The fourth-order valence-corrected chi connectivity index (χ4v) is 6.29. The smallest absolute Gasteiger partial charge is 0.253 e. The number of carbonyl (C=O) groups is 1. The van der Waals surface area contributed by atoms with Crippen molar-refractivity contribution in [3.8, 4) is 0 Å². The van der Waals surface area contributed by atoms with Gasteiger partial charge in [0, 0.05) is 48.8 Å². The number of rotatable bonds is 6. The van der Waals surface area contributed by atoms with Crippen LogP contribution in [0.15, 0.2) is 35.5 Å². The van der Waals surface area contributed by atoms with Crippen molar-refractivity contribution >= 4 is 39.2 Å². The number of nitrogens with zero attached hydrogens (tertiary/aromatic N) is 4. The van der Waals surface area contributed by atoms with Gasteiger partial charge in [0.1, 0.15) is 5.82 Å². The van der Waals surface area contributed by atoms with Crippen LogP contribution in [0, 0.1) is 17.8 Å². The highest BCUT2D eigenvalue weighted by Gasteiger charge is 2.29. The Morgan fingerprint density at radius 1 is 1.16 bits per heavy atom. The van der Waals surface area contributed by atoms with Gasteiger partial charge in [0.05, 0.1) is 15.2 Å². The lowest BCUT2D eigenvalue weighted by atomic mass is 9.99. The normalized spacial score (nSPS) is 21.5. The monoisotopic (exact) mass is 452 g/mol. The first-order valence-electron chi connectivity index (χ1n) is 11.1. The minimum absolute atomic E-state index is 0.154. The van der Waals surface area contributed by atoms with E-state index in [9.17, 15) is 4.79 Å². The molecule has 1 saturated heterocycles. The number of benzene rings is 1. The van der Waals surface area contributed by atoms with Gasteiger partial charge in [0.2, 0.25) is 0 Å². The van der Waals surface area contributed by atoms with E-state index >= 15 is 0 Å². The molecular formula is C24H28N4OS2. The SMILES string of the molecule is CSc1cnc(C[C@H]2CC[C@H](Cc3nc4ccc(C(=O)N5CC(C)C5)cc4s3)C2)nc1. The van der Waals surface area contributed by atoms with Crippen LogP contribution in [0.5, 0.6) is 0 Å². The van der Waals surface area contributed by atoms with Crippen molar-refractivity contribution in [3.05, 3.63) is 47.0 Å². The molecule has 0 spiro atoms. The van der Waals surface area contributed by atoms with Gasteiger partial charge in [-0.25, -0.2) is 15.0 Å². The van der Waals surface area contributed by atoms with Gasteiger partial charge >= 0.3 is 0 Å². The summed E-state index contributed by atoms with van der Waals surface area (Å²) in [6.07, 6.45) is 11.6. The molecule has 0 radical (unpaired) electrons. The Hall–Kier alpha value is -1.99. The summed E-state index contributed by atoms with van der Waals surface area (Å²) in [5.41, 5.74) is 1.81. The maximum Gasteiger partial charge on any atom is 0.253 e. The van der Waals surface area contributed by atoms with Crippen LogP contribution in [0.2, 0.25) is 0 Å². The average molecular weight is 453 g/mol. The number of fused-ring (bicyclic) bond motifs is 1. The second-order valence-corrected chi connectivity index (χ2v) is 11.1. The molecule has 3 heterocycles. The summed E-state index contributed by atoms with van der Waals surface area (Å²) in [5.74, 6) is 3.10. The Bertz CT molecular complexity index is 1070. The van der Waals surface area contributed by atoms with Crippen LogP contribution in [-0.2, 0) is 12.8 Å². The Labute approximate surface area is 191 Å². The molecule has 5 nitrogen and oxygen atoms in total. The molecule has 1 aliphatic heterocycles. The van der Waals surface area contributed by atoms with Gasteiger partial charge in [0.25, 0.3) is 5.91 Å². The zero-order valence-corrected chi connectivity index (χ0v) is 19.7. The average Bonchev–Trinajstić information content (AvgIpc) is 3.37. The quantitative estimate of drug-likeness (QED) is 0.487. The largest absolute Gasteiger partial charge is 0.338 e. The first-order valence-corrected chi connectivity index (χ1v) is 13.1. The zero-order valence-electron chi connectivity index (χ0n) is 18.1. The molecule has 162 valence electrons. The van der Waals surface area contributed by atoms with Crippen LogP contribution in [0.25, 0.3) is 10.2 Å². The van der Waals surface area contributed by atoms with E-state index in [-0.39, 0.29) is 5.91 Å². The van der Waals surface area contributed by atoms with Gasteiger partial charge in [0.15, 0.2) is 0 Å². The van der Waals surface area contributed by atoms with Crippen molar-refractivity contribution in [1.29, 1.82) is 0 Å². The summed E-state index contributed by atoms with van der Waals surface area (Å²) in [5, 5.41) is 1.20. The van der Waals surface area contributed by atoms with E-state index in [4.69, 9.17) is 4.98 Å². The summed E-state index contributed by atoms with van der Waals surface area (Å²) in [6.45, 7) is 3.94. The molecule has 0 bridgehead atoms. The molecule has 2 atom stereocenters. The molecule has 1 aliphatic carbocycles. The lowest BCUT2D eigenvalue weighted by molar-refractivity contribution is 0.0530. The van der Waals surface area contributed by atoms with Crippen molar-refractivity contribution in [2.75, 3.05) is 19.3 Å². The van der Waals surface area contributed by atoms with Gasteiger partial charge in [-0.15, -0.1) is 23.1 Å². The number of hydrogen-bond donors (Lipinski definition) is 0. The Morgan fingerprint density at radius 3 is 2.61 bits per heavy atom. The Kier molecular flexibility index (Phi) is 5.97. The highest BCUT2D eigenvalue weighted by Crippen LogP contribution is 2.36. The predicted octanol–water partition coefficient (Wildman–Crippen LogP) is 5.10. The number of carbonyl (C=O) groups excluding carboxylic acids is 1. The number of likely N-dealkylation sites (tertiary alicyclic amines) is 1. The molecule has 5 rings (SSSR count). The number of thioether (sulfide) groups is 1. The fraction of sp³-hybridized carbons (Fsp3) is 0.500. The Morgan fingerprint density at radius 2 is 1.90 bits per heavy atom. The van der Waals surface area contributed by atoms with Gasteiger partial charge in [-0.2, -0.15) is 0 Å². The number of hydrogen-bond acceptors (Lipinski definition) is 6. The molecule has 1 saturated carbocycles. The van der Waals surface area contributed by atoms with E-state index in [1.54, 1.807) is 23.1 Å². The van der Waals surface area contributed by atoms with Crippen LogP contribution in [0.4, 0.5) is 0 Å². The maximum absolute atomic E-state index is 12.6. The predicted molar refractivity (Wildman–Crippen MR) is 127 cm³/mol. The third kappa shape index (κ3) is 4.62. The van der Waals surface area contributed by atoms with E-state index in [1.807, 2.05) is 41.7 Å². The summed E-state index contributed by atoms with van der Waals surface area (Å²) in [7, 11) is 0. The third-order valence-corrected chi connectivity index (χ3v) is 8.26. The van der Waals surface area contributed by atoms with Crippen LogP contribution >= 0.6 is 23.1 Å². The van der Waals surface area contributed by atoms with E-state index in [0.29, 0.717) is 17.8 Å². The maximum atomic E-state index is 12.6. The number of amides is 1. The van der Waals surface area contributed by atoms with Gasteiger partial charge in [-0.05, 0) is 61.5 Å². The summed E-state index contributed by atoms with van der Waals surface area (Å²) in [4.78, 5) is 29.6. The minimum atomic E-state index is 0.154. The van der Waals surface area contributed by atoms with Crippen LogP contribution in [-0.4, -0.2) is 45.1 Å². The minimum Gasteiger partial charge on any atom is -0.338 e. The van der Waals surface area contributed by atoms with Gasteiger partial charge in [-0.3, -0.25) is 4.79 Å². The van der Waals surface area contributed by atoms with Crippen LogP contribution in [0.3, 0.4) is 0 Å².